The van der Waals surface area contributed by atoms with Gasteiger partial charge in [0.25, 0.3) is 0 Å². The van der Waals surface area contributed by atoms with Crippen molar-refractivity contribution < 1.29 is 0 Å². The van der Waals surface area contributed by atoms with Gasteiger partial charge in [-0.15, -0.1) is 13.2 Å². The van der Waals surface area contributed by atoms with Crippen molar-refractivity contribution in [2.75, 3.05) is 11.5 Å². The molecule has 0 aliphatic heterocycles. The Kier molecular flexibility index (Phi) is 11.3. The number of benzene rings is 4. The van der Waals surface area contributed by atoms with Crippen LogP contribution in [0.25, 0.3) is 0 Å². The Morgan fingerprint density at radius 3 is 1.00 bits per heavy atom. The molecular formula is C36H42SSi2. The first-order valence-corrected chi connectivity index (χ1v) is 20.3. The van der Waals surface area contributed by atoms with E-state index in [0.717, 1.165) is 12.1 Å². The number of allylic oxidation sites excluding steroid dienone is 2. The van der Waals surface area contributed by atoms with Crippen molar-refractivity contribution in [3.05, 3.63) is 147 Å². The Morgan fingerprint density at radius 2 is 0.744 bits per heavy atom. The lowest BCUT2D eigenvalue weighted by atomic mass is 10.4. The van der Waals surface area contributed by atoms with Gasteiger partial charge in [-0.2, -0.15) is 11.8 Å². The van der Waals surface area contributed by atoms with E-state index in [-0.39, 0.29) is 0 Å². The fourth-order valence-corrected chi connectivity index (χ4v) is 16.6. The van der Waals surface area contributed by atoms with Crippen molar-refractivity contribution in [3.63, 3.8) is 0 Å². The second-order valence-corrected chi connectivity index (χ2v) is 20.1. The standard InChI is InChI=1S/C36H42SSi2/c1-3-29-38(33-19-9-5-10-20-33,34-21-11-6-12-22-34)31-17-27-37-28-18-32-39(30-4-2,35-23-13-7-14-24-35)36-25-15-8-16-26-36/h3-16,19-26H,1-2,17-18,27-32H2. The highest BCUT2D eigenvalue weighted by Gasteiger charge is 2.36. The molecule has 0 aliphatic rings. The van der Waals surface area contributed by atoms with Crippen molar-refractivity contribution in [2.45, 2.75) is 37.0 Å². The fourth-order valence-electron chi connectivity index (χ4n) is 6.16. The largest absolute Gasteiger partial charge is 0.162 e. The zero-order valence-corrected chi connectivity index (χ0v) is 26.0. The lowest BCUT2D eigenvalue weighted by molar-refractivity contribution is 1.04. The van der Waals surface area contributed by atoms with Crippen LogP contribution in [0.4, 0.5) is 0 Å². The smallest absolute Gasteiger partial charge is 0.121 e. The van der Waals surface area contributed by atoms with Crippen LogP contribution in [0.5, 0.6) is 0 Å². The summed E-state index contributed by atoms with van der Waals surface area (Å²) in [5, 5.41) is 6.14. The minimum atomic E-state index is -1.88. The quantitative estimate of drug-likeness (QED) is 0.0779. The van der Waals surface area contributed by atoms with E-state index in [1.54, 1.807) is 0 Å². The predicted molar refractivity (Wildman–Crippen MR) is 182 cm³/mol. The van der Waals surface area contributed by atoms with Crippen molar-refractivity contribution >= 4 is 48.7 Å². The molecule has 0 amide bonds. The number of hydrogen-bond acceptors (Lipinski definition) is 1. The summed E-state index contributed by atoms with van der Waals surface area (Å²) in [6, 6.07) is 49.7. The van der Waals surface area contributed by atoms with Gasteiger partial charge in [0.2, 0.25) is 0 Å². The zero-order valence-electron chi connectivity index (χ0n) is 23.2. The van der Waals surface area contributed by atoms with Crippen LogP contribution in [-0.4, -0.2) is 27.7 Å². The van der Waals surface area contributed by atoms with Gasteiger partial charge in [-0.1, -0.05) is 154 Å². The Bertz CT molecular complexity index is 1080. The second kappa shape index (κ2) is 15.1. The van der Waals surface area contributed by atoms with E-state index in [2.05, 4.69) is 158 Å². The second-order valence-electron chi connectivity index (χ2n) is 10.4. The Hall–Kier alpha value is -2.86. The van der Waals surface area contributed by atoms with Crippen LogP contribution < -0.4 is 20.7 Å². The lowest BCUT2D eigenvalue weighted by Crippen LogP contribution is -2.57. The highest BCUT2D eigenvalue weighted by atomic mass is 32.2. The van der Waals surface area contributed by atoms with Gasteiger partial charge in [-0.3, -0.25) is 0 Å². The molecule has 0 saturated carbocycles. The van der Waals surface area contributed by atoms with E-state index in [4.69, 9.17) is 0 Å². The molecule has 4 aromatic carbocycles. The van der Waals surface area contributed by atoms with E-state index in [0.29, 0.717) is 0 Å². The molecule has 0 N–H and O–H groups in total. The van der Waals surface area contributed by atoms with Crippen molar-refractivity contribution in [3.8, 4) is 0 Å². The molecule has 0 heterocycles. The van der Waals surface area contributed by atoms with Gasteiger partial charge in [0, 0.05) is 0 Å². The molecule has 0 unspecified atom stereocenters. The Morgan fingerprint density at radius 1 is 0.462 bits per heavy atom. The van der Waals surface area contributed by atoms with E-state index >= 15 is 0 Å². The molecule has 200 valence electrons. The van der Waals surface area contributed by atoms with Crippen LogP contribution in [0.3, 0.4) is 0 Å². The first-order valence-electron chi connectivity index (χ1n) is 14.3. The minimum Gasteiger partial charge on any atom is -0.162 e. The van der Waals surface area contributed by atoms with Crippen LogP contribution in [0.15, 0.2) is 147 Å². The Balaban J connectivity index is 1.41. The van der Waals surface area contributed by atoms with Gasteiger partial charge in [0.1, 0.15) is 16.1 Å². The van der Waals surface area contributed by atoms with Gasteiger partial charge in [-0.25, -0.2) is 0 Å². The highest BCUT2D eigenvalue weighted by Crippen LogP contribution is 2.24. The molecule has 0 aromatic heterocycles. The summed E-state index contributed by atoms with van der Waals surface area (Å²) in [4.78, 5) is 0. The maximum Gasteiger partial charge on any atom is 0.121 e. The third-order valence-electron chi connectivity index (χ3n) is 8.08. The normalized spacial score (nSPS) is 11.7. The maximum atomic E-state index is 4.18. The molecule has 0 bridgehead atoms. The lowest BCUT2D eigenvalue weighted by Gasteiger charge is -2.33. The third-order valence-corrected chi connectivity index (χ3v) is 19.4. The van der Waals surface area contributed by atoms with Crippen LogP contribution in [-0.2, 0) is 0 Å². The highest BCUT2D eigenvalue weighted by molar-refractivity contribution is 7.99. The molecule has 0 radical (unpaired) electrons. The van der Waals surface area contributed by atoms with Crippen molar-refractivity contribution in [1.29, 1.82) is 0 Å². The van der Waals surface area contributed by atoms with Gasteiger partial charge < -0.3 is 0 Å². The average Bonchev–Trinajstić information content (AvgIpc) is 3.01. The summed E-state index contributed by atoms with van der Waals surface area (Å²) in [6.07, 6.45) is 6.83. The van der Waals surface area contributed by atoms with Crippen LogP contribution in [0.2, 0.25) is 24.2 Å². The average molecular weight is 563 g/mol. The van der Waals surface area contributed by atoms with E-state index < -0.39 is 16.1 Å². The van der Waals surface area contributed by atoms with Crippen molar-refractivity contribution in [1.82, 2.24) is 0 Å². The first kappa shape index (κ1) is 29.1. The molecule has 0 aliphatic carbocycles. The molecule has 0 saturated heterocycles. The Labute approximate surface area is 242 Å². The summed E-state index contributed by atoms with van der Waals surface area (Å²) in [5.74, 6) is 2.44. The van der Waals surface area contributed by atoms with E-state index in [9.17, 15) is 0 Å². The zero-order chi connectivity index (χ0) is 27.2. The maximum absolute atomic E-state index is 4.18. The molecule has 0 spiro atoms. The summed E-state index contributed by atoms with van der Waals surface area (Å²) < 4.78 is 0. The molecule has 4 rings (SSSR count). The minimum absolute atomic E-state index is 1.09. The van der Waals surface area contributed by atoms with Gasteiger partial charge in [-0.05, 0) is 48.5 Å². The predicted octanol–water partition coefficient (Wildman–Crippen LogP) is 7.40. The SMILES string of the molecule is C=CC[Si](CCCSCCC[Si](CC=C)(c1ccccc1)c1ccccc1)(c1ccccc1)c1ccccc1. The van der Waals surface area contributed by atoms with E-state index in [1.165, 1.54) is 57.2 Å². The number of rotatable bonds is 16. The third kappa shape index (κ3) is 7.22. The van der Waals surface area contributed by atoms with Gasteiger partial charge in [0.05, 0.1) is 0 Å². The summed E-state index contributed by atoms with van der Waals surface area (Å²) in [5.41, 5.74) is 0. The molecule has 39 heavy (non-hydrogen) atoms. The van der Waals surface area contributed by atoms with Gasteiger partial charge >= 0.3 is 0 Å². The molecule has 0 atom stereocenters. The van der Waals surface area contributed by atoms with Gasteiger partial charge in [0.15, 0.2) is 0 Å². The molecule has 3 heteroatoms. The monoisotopic (exact) mass is 562 g/mol. The molecule has 0 fully saturated rings. The first-order chi connectivity index (χ1) is 19.2. The number of thioether (sulfide) groups is 1. The summed E-state index contributed by atoms with van der Waals surface area (Å²) in [6.45, 7) is 8.36. The molecule has 4 aromatic rings. The van der Waals surface area contributed by atoms with E-state index in [1.807, 2.05) is 0 Å². The van der Waals surface area contributed by atoms with Crippen LogP contribution in [0, 0.1) is 0 Å². The summed E-state index contributed by atoms with van der Waals surface area (Å²) in [7, 11) is -3.76. The van der Waals surface area contributed by atoms with Crippen molar-refractivity contribution in [2.24, 2.45) is 0 Å². The number of hydrogen-bond donors (Lipinski definition) is 0. The van der Waals surface area contributed by atoms with Crippen LogP contribution in [0.1, 0.15) is 12.8 Å². The molecular weight excluding hydrogens is 521 g/mol. The molecule has 0 nitrogen and oxygen atoms in total. The summed E-state index contributed by atoms with van der Waals surface area (Å²) >= 11 is 2.14. The van der Waals surface area contributed by atoms with Crippen LogP contribution >= 0.6 is 11.8 Å². The fraction of sp³-hybridized carbons (Fsp3) is 0.222. The topological polar surface area (TPSA) is 0 Å².